The molecule has 2 heterocycles. The Bertz CT molecular complexity index is 382. The van der Waals surface area contributed by atoms with E-state index in [9.17, 15) is 4.79 Å². The summed E-state index contributed by atoms with van der Waals surface area (Å²) in [5, 5.41) is 11.8. The molecule has 0 aliphatic carbocycles. The van der Waals surface area contributed by atoms with E-state index < -0.39 is 5.97 Å². The van der Waals surface area contributed by atoms with Crippen LogP contribution < -0.4 is 4.90 Å². The number of rotatable bonds is 2. The Morgan fingerprint density at radius 2 is 2.47 bits per heavy atom. The van der Waals surface area contributed by atoms with Crippen LogP contribution in [0.5, 0.6) is 0 Å². The molecule has 0 bridgehead atoms. The fourth-order valence-electron chi connectivity index (χ4n) is 1.84. The summed E-state index contributed by atoms with van der Waals surface area (Å²) < 4.78 is 0.814. The first-order chi connectivity index (χ1) is 7.08. The average Bonchev–Trinajstić information content (AvgIpc) is 2.71. The lowest BCUT2D eigenvalue weighted by Crippen LogP contribution is -2.22. The van der Waals surface area contributed by atoms with Gasteiger partial charge in [0, 0.05) is 18.5 Å². The molecule has 1 aromatic rings. The Kier molecular flexibility index (Phi) is 2.97. The van der Waals surface area contributed by atoms with Gasteiger partial charge in [-0.15, -0.1) is 11.3 Å². The van der Waals surface area contributed by atoms with Crippen molar-refractivity contribution >= 4 is 38.4 Å². The third-order valence-electron chi connectivity index (χ3n) is 2.66. The lowest BCUT2D eigenvalue weighted by molar-refractivity contribution is -0.142. The third kappa shape index (κ3) is 2.15. The van der Waals surface area contributed by atoms with Crippen LogP contribution in [0, 0.1) is 11.8 Å². The number of nitrogens with zero attached hydrogens (tertiary/aromatic N) is 2. The number of halogens is 1. The van der Waals surface area contributed by atoms with Gasteiger partial charge in [0.2, 0.25) is 0 Å². The number of thiazole rings is 1. The van der Waals surface area contributed by atoms with Crippen LogP contribution in [0.15, 0.2) is 9.98 Å². The molecule has 0 radical (unpaired) electrons. The molecule has 1 saturated heterocycles. The zero-order valence-electron chi connectivity index (χ0n) is 8.18. The van der Waals surface area contributed by atoms with Gasteiger partial charge in [-0.3, -0.25) is 4.79 Å². The van der Waals surface area contributed by atoms with Crippen molar-refractivity contribution in [1.82, 2.24) is 4.98 Å². The van der Waals surface area contributed by atoms with Gasteiger partial charge in [-0.1, -0.05) is 6.92 Å². The summed E-state index contributed by atoms with van der Waals surface area (Å²) in [7, 11) is 0. The van der Waals surface area contributed by atoms with E-state index in [1.165, 1.54) is 11.3 Å². The van der Waals surface area contributed by atoms with Gasteiger partial charge in [-0.25, -0.2) is 4.98 Å². The van der Waals surface area contributed by atoms with Gasteiger partial charge < -0.3 is 10.0 Å². The van der Waals surface area contributed by atoms with Crippen LogP contribution in [0.2, 0.25) is 0 Å². The van der Waals surface area contributed by atoms with Crippen LogP contribution >= 0.6 is 27.3 Å². The van der Waals surface area contributed by atoms with Gasteiger partial charge in [0.25, 0.3) is 0 Å². The monoisotopic (exact) mass is 290 g/mol. The van der Waals surface area contributed by atoms with Gasteiger partial charge in [-0.2, -0.15) is 0 Å². The molecule has 0 spiro atoms. The second-order valence-corrected chi connectivity index (χ2v) is 5.43. The van der Waals surface area contributed by atoms with Crippen molar-refractivity contribution in [3.63, 3.8) is 0 Å². The Labute approximate surface area is 100 Å². The number of aliphatic carboxylic acids is 1. The number of aromatic nitrogens is 1. The van der Waals surface area contributed by atoms with E-state index in [4.69, 9.17) is 5.11 Å². The zero-order valence-corrected chi connectivity index (χ0v) is 10.6. The van der Waals surface area contributed by atoms with Crippen molar-refractivity contribution in [1.29, 1.82) is 0 Å². The molecular formula is C9H11BrN2O2S. The van der Waals surface area contributed by atoms with Gasteiger partial charge in [0.05, 0.1) is 5.92 Å². The molecule has 1 aliphatic heterocycles. The molecule has 0 amide bonds. The highest BCUT2D eigenvalue weighted by Gasteiger charge is 2.35. The molecule has 4 nitrogen and oxygen atoms in total. The fraction of sp³-hybridized carbons (Fsp3) is 0.556. The second-order valence-electron chi connectivity index (χ2n) is 3.78. The SMILES string of the molecule is C[C@@H]1CN(c2nc(Br)cs2)C[C@H]1C(=O)O. The van der Waals surface area contributed by atoms with Gasteiger partial charge >= 0.3 is 5.97 Å². The summed E-state index contributed by atoms with van der Waals surface area (Å²) in [6.45, 7) is 3.31. The molecule has 82 valence electrons. The highest BCUT2D eigenvalue weighted by molar-refractivity contribution is 9.10. The van der Waals surface area contributed by atoms with Crippen LogP contribution in [-0.4, -0.2) is 29.1 Å². The Balaban J connectivity index is 2.12. The largest absolute Gasteiger partial charge is 0.481 e. The molecule has 2 atom stereocenters. The predicted molar refractivity (Wildman–Crippen MR) is 62.3 cm³/mol. The summed E-state index contributed by atoms with van der Waals surface area (Å²) in [5.74, 6) is -0.793. The van der Waals surface area contributed by atoms with Crippen molar-refractivity contribution in [2.45, 2.75) is 6.92 Å². The topological polar surface area (TPSA) is 53.4 Å². The summed E-state index contributed by atoms with van der Waals surface area (Å²) in [5.41, 5.74) is 0. The smallest absolute Gasteiger partial charge is 0.308 e. The lowest BCUT2D eigenvalue weighted by atomic mass is 9.99. The molecule has 2 rings (SSSR count). The van der Waals surface area contributed by atoms with Crippen molar-refractivity contribution in [3.05, 3.63) is 9.98 Å². The van der Waals surface area contributed by atoms with Crippen LogP contribution in [0.1, 0.15) is 6.92 Å². The summed E-state index contributed by atoms with van der Waals surface area (Å²) >= 11 is 4.83. The van der Waals surface area contributed by atoms with Gasteiger partial charge in [0.15, 0.2) is 5.13 Å². The van der Waals surface area contributed by atoms with Crippen molar-refractivity contribution in [2.75, 3.05) is 18.0 Å². The van der Waals surface area contributed by atoms with Crippen LogP contribution in [0.25, 0.3) is 0 Å². The number of carboxylic acid groups (broad SMARTS) is 1. The number of carbonyl (C=O) groups is 1. The molecule has 0 saturated carbocycles. The number of carboxylic acids is 1. The zero-order chi connectivity index (χ0) is 11.0. The van der Waals surface area contributed by atoms with E-state index >= 15 is 0 Å². The predicted octanol–water partition coefficient (Wildman–Crippen LogP) is 2.06. The van der Waals surface area contributed by atoms with Crippen molar-refractivity contribution < 1.29 is 9.90 Å². The third-order valence-corrected chi connectivity index (χ3v) is 4.27. The highest BCUT2D eigenvalue weighted by Crippen LogP contribution is 2.31. The minimum atomic E-state index is -0.708. The summed E-state index contributed by atoms with van der Waals surface area (Å²) in [6.07, 6.45) is 0. The molecule has 0 unspecified atom stereocenters. The lowest BCUT2D eigenvalue weighted by Gasteiger charge is -2.13. The van der Waals surface area contributed by atoms with Crippen molar-refractivity contribution in [2.24, 2.45) is 11.8 Å². The Hall–Kier alpha value is -0.620. The number of anilines is 1. The van der Waals surface area contributed by atoms with Crippen molar-refractivity contribution in [3.8, 4) is 0 Å². The maximum atomic E-state index is 10.9. The minimum Gasteiger partial charge on any atom is -0.481 e. The van der Waals surface area contributed by atoms with Crippen LogP contribution in [0.3, 0.4) is 0 Å². The van der Waals surface area contributed by atoms with Gasteiger partial charge in [-0.05, 0) is 21.8 Å². The standard InChI is InChI=1S/C9H11BrN2O2S/c1-5-2-12(3-6(5)8(13)14)9-11-7(10)4-15-9/h4-6H,2-3H2,1H3,(H,13,14)/t5-,6-/m1/s1. The van der Waals surface area contributed by atoms with E-state index in [2.05, 4.69) is 20.9 Å². The van der Waals surface area contributed by atoms with E-state index in [1.807, 2.05) is 17.2 Å². The first-order valence-electron chi connectivity index (χ1n) is 4.66. The average molecular weight is 291 g/mol. The van der Waals surface area contributed by atoms with Crippen LogP contribution in [-0.2, 0) is 4.79 Å². The van der Waals surface area contributed by atoms with E-state index in [0.29, 0.717) is 6.54 Å². The maximum Gasteiger partial charge on any atom is 0.308 e. The molecule has 0 aromatic carbocycles. The first kappa shape index (κ1) is 10.9. The highest BCUT2D eigenvalue weighted by atomic mass is 79.9. The first-order valence-corrected chi connectivity index (χ1v) is 6.34. The molecule has 15 heavy (non-hydrogen) atoms. The normalized spacial score (nSPS) is 25.9. The minimum absolute atomic E-state index is 0.185. The van der Waals surface area contributed by atoms with Crippen LogP contribution in [0.4, 0.5) is 5.13 Å². The maximum absolute atomic E-state index is 10.9. The molecule has 1 aliphatic rings. The fourth-order valence-corrected chi connectivity index (χ4v) is 3.11. The molecular weight excluding hydrogens is 280 g/mol. The van der Waals surface area contributed by atoms with E-state index in [0.717, 1.165) is 16.3 Å². The molecule has 6 heteroatoms. The molecule has 1 N–H and O–H groups in total. The number of hydrogen-bond acceptors (Lipinski definition) is 4. The summed E-state index contributed by atoms with van der Waals surface area (Å²) in [6, 6.07) is 0. The Morgan fingerprint density at radius 3 is 2.93 bits per heavy atom. The second kappa shape index (κ2) is 4.09. The Morgan fingerprint density at radius 1 is 1.73 bits per heavy atom. The quantitative estimate of drug-likeness (QED) is 0.906. The van der Waals surface area contributed by atoms with E-state index in [-0.39, 0.29) is 11.8 Å². The molecule has 1 aromatic heterocycles. The summed E-state index contributed by atoms with van der Waals surface area (Å²) in [4.78, 5) is 17.3. The number of hydrogen-bond donors (Lipinski definition) is 1. The molecule has 1 fully saturated rings. The van der Waals surface area contributed by atoms with Gasteiger partial charge in [0.1, 0.15) is 4.60 Å². The van der Waals surface area contributed by atoms with E-state index in [1.54, 1.807) is 0 Å².